The highest BCUT2D eigenvalue weighted by Crippen LogP contribution is 2.00. The standard InChI is InChI=1S/C12H15N5O.ClH/c13-11-4-1-3-10(16-11)12(18)15-5-2-7-17-8-6-14-9-17;/h1,3-4,6,8-9H,2,5,7H2,(H2,13,16)(H,15,18);1H. The molecule has 0 spiro atoms. The first-order valence-electron chi connectivity index (χ1n) is 5.72. The predicted octanol–water partition coefficient (Wildman–Crippen LogP) is 1.10. The zero-order valence-electron chi connectivity index (χ0n) is 10.3. The van der Waals surface area contributed by atoms with Crippen LogP contribution in [-0.2, 0) is 6.54 Å². The number of imidazole rings is 1. The van der Waals surface area contributed by atoms with Crippen molar-refractivity contribution < 1.29 is 4.79 Å². The number of anilines is 1. The molecule has 0 aliphatic rings. The summed E-state index contributed by atoms with van der Waals surface area (Å²) >= 11 is 0. The van der Waals surface area contributed by atoms with E-state index < -0.39 is 0 Å². The zero-order valence-corrected chi connectivity index (χ0v) is 11.1. The van der Waals surface area contributed by atoms with Crippen LogP contribution in [0.4, 0.5) is 5.82 Å². The summed E-state index contributed by atoms with van der Waals surface area (Å²) < 4.78 is 1.96. The summed E-state index contributed by atoms with van der Waals surface area (Å²) in [6, 6.07) is 5.00. The third-order valence-corrected chi connectivity index (χ3v) is 2.44. The van der Waals surface area contributed by atoms with Gasteiger partial charge in [0.05, 0.1) is 6.33 Å². The number of carbonyl (C=O) groups is 1. The fourth-order valence-corrected chi connectivity index (χ4v) is 1.55. The van der Waals surface area contributed by atoms with Crippen molar-refractivity contribution in [2.45, 2.75) is 13.0 Å². The van der Waals surface area contributed by atoms with Crippen molar-refractivity contribution in [1.82, 2.24) is 19.9 Å². The molecule has 0 unspecified atom stereocenters. The number of hydrogen-bond acceptors (Lipinski definition) is 4. The molecule has 0 aliphatic heterocycles. The van der Waals surface area contributed by atoms with Gasteiger partial charge in [0.2, 0.25) is 0 Å². The summed E-state index contributed by atoms with van der Waals surface area (Å²) in [6.07, 6.45) is 6.21. The number of nitrogen functional groups attached to an aromatic ring is 1. The fourth-order valence-electron chi connectivity index (χ4n) is 1.55. The molecule has 0 aliphatic carbocycles. The molecular formula is C12H16ClN5O. The Morgan fingerprint density at radius 3 is 2.95 bits per heavy atom. The molecule has 2 aromatic heterocycles. The lowest BCUT2D eigenvalue weighted by Gasteiger charge is -2.05. The fraction of sp³-hybridized carbons (Fsp3) is 0.250. The Morgan fingerprint density at radius 2 is 2.26 bits per heavy atom. The first-order valence-corrected chi connectivity index (χ1v) is 5.72. The predicted molar refractivity (Wildman–Crippen MR) is 75.1 cm³/mol. The van der Waals surface area contributed by atoms with E-state index in [2.05, 4.69) is 15.3 Å². The van der Waals surface area contributed by atoms with E-state index in [0.29, 0.717) is 18.1 Å². The molecule has 19 heavy (non-hydrogen) atoms. The molecule has 2 heterocycles. The molecular weight excluding hydrogens is 266 g/mol. The van der Waals surface area contributed by atoms with Crippen LogP contribution in [-0.4, -0.2) is 27.0 Å². The van der Waals surface area contributed by atoms with Crippen molar-refractivity contribution in [3.8, 4) is 0 Å². The van der Waals surface area contributed by atoms with Crippen molar-refractivity contribution in [3.05, 3.63) is 42.6 Å². The van der Waals surface area contributed by atoms with Crippen molar-refractivity contribution >= 4 is 24.1 Å². The number of nitrogens with one attached hydrogen (secondary N) is 1. The first kappa shape index (κ1) is 15.0. The topological polar surface area (TPSA) is 85.8 Å². The Kier molecular flexibility index (Phi) is 5.81. The molecule has 0 saturated heterocycles. The summed E-state index contributed by atoms with van der Waals surface area (Å²) in [5, 5.41) is 2.80. The molecule has 0 aromatic carbocycles. The summed E-state index contributed by atoms with van der Waals surface area (Å²) in [6.45, 7) is 1.41. The second-order valence-corrected chi connectivity index (χ2v) is 3.86. The second kappa shape index (κ2) is 7.38. The van der Waals surface area contributed by atoms with Crippen molar-refractivity contribution in [3.63, 3.8) is 0 Å². The van der Waals surface area contributed by atoms with Gasteiger partial charge < -0.3 is 15.6 Å². The van der Waals surface area contributed by atoms with Gasteiger partial charge >= 0.3 is 0 Å². The van der Waals surface area contributed by atoms with E-state index in [1.54, 1.807) is 30.7 Å². The summed E-state index contributed by atoms with van der Waals surface area (Å²) in [7, 11) is 0. The number of halogens is 1. The van der Waals surface area contributed by atoms with Crippen LogP contribution in [0, 0.1) is 0 Å². The monoisotopic (exact) mass is 281 g/mol. The molecule has 0 saturated carbocycles. The summed E-state index contributed by atoms with van der Waals surface area (Å²) in [4.78, 5) is 19.6. The van der Waals surface area contributed by atoms with E-state index in [-0.39, 0.29) is 18.3 Å². The average Bonchev–Trinajstić information content (AvgIpc) is 2.87. The molecule has 2 aromatic rings. The number of hydrogen-bond donors (Lipinski definition) is 2. The molecule has 1 amide bonds. The smallest absolute Gasteiger partial charge is 0.269 e. The Labute approximate surface area is 117 Å². The van der Waals surface area contributed by atoms with Crippen molar-refractivity contribution in [1.29, 1.82) is 0 Å². The number of rotatable bonds is 5. The number of amides is 1. The van der Waals surface area contributed by atoms with Gasteiger partial charge in [0, 0.05) is 25.5 Å². The third kappa shape index (κ3) is 4.59. The van der Waals surface area contributed by atoms with Gasteiger partial charge in [-0.15, -0.1) is 12.4 Å². The number of nitrogens with zero attached hydrogens (tertiary/aromatic N) is 3. The van der Waals surface area contributed by atoms with Crippen LogP contribution in [0.2, 0.25) is 0 Å². The Morgan fingerprint density at radius 1 is 1.42 bits per heavy atom. The van der Waals surface area contributed by atoms with Crippen LogP contribution in [0.25, 0.3) is 0 Å². The molecule has 6 nitrogen and oxygen atoms in total. The minimum atomic E-state index is -0.201. The highest BCUT2D eigenvalue weighted by Gasteiger charge is 2.05. The largest absolute Gasteiger partial charge is 0.384 e. The summed E-state index contributed by atoms with van der Waals surface area (Å²) in [5.41, 5.74) is 5.86. The maximum absolute atomic E-state index is 11.7. The molecule has 0 bridgehead atoms. The van der Waals surface area contributed by atoms with Gasteiger partial charge in [-0.1, -0.05) is 6.07 Å². The zero-order chi connectivity index (χ0) is 12.8. The van der Waals surface area contributed by atoms with Crippen LogP contribution in [0.1, 0.15) is 16.9 Å². The highest BCUT2D eigenvalue weighted by atomic mass is 35.5. The second-order valence-electron chi connectivity index (χ2n) is 3.86. The van der Waals surface area contributed by atoms with Crippen LogP contribution >= 0.6 is 12.4 Å². The van der Waals surface area contributed by atoms with Gasteiger partial charge in [-0.2, -0.15) is 0 Å². The van der Waals surface area contributed by atoms with E-state index in [1.807, 2.05) is 10.8 Å². The van der Waals surface area contributed by atoms with Gasteiger partial charge in [0.25, 0.3) is 5.91 Å². The summed E-state index contributed by atoms with van der Waals surface area (Å²) in [5.74, 6) is 0.147. The van der Waals surface area contributed by atoms with Gasteiger partial charge in [-0.25, -0.2) is 9.97 Å². The van der Waals surface area contributed by atoms with E-state index in [9.17, 15) is 4.79 Å². The Bertz CT molecular complexity index is 515. The van der Waals surface area contributed by atoms with Gasteiger partial charge in [-0.3, -0.25) is 4.79 Å². The minimum absolute atomic E-state index is 0. The maximum Gasteiger partial charge on any atom is 0.269 e. The van der Waals surface area contributed by atoms with Crippen LogP contribution in [0.3, 0.4) is 0 Å². The quantitative estimate of drug-likeness (QED) is 0.804. The van der Waals surface area contributed by atoms with E-state index in [1.165, 1.54) is 0 Å². The van der Waals surface area contributed by atoms with E-state index in [0.717, 1.165) is 13.0 Å². The van der Waals surface area contributed by atoms with Crippen molar-refractivity contribution in [2.24, 2.45) is 0 Å². The molecule has 3 N–H and O–H groups in total. The average molecular weight is 282 g/mol. The molecule has 2 rings (SSSR count). The molecule has 102 valence electrons. The van der Waals surface area contributed by atoms with E-state index >= 15 is 0 Å². The maximum atomic E-state index is 11.7. The first-order chi connectivity index (χ1) is 8.75. The number of pyridine rings is 1. The van der Waals surface area contributed by atoms with Gasteiger partial charge in [0.15, 0.2) is 0 Å². The molecule has 0 radical (unpaired) electrons. The minimum Gasteiger partial charge on any atom is -0.384 e. The number of nitrogens with two attached hydrogens (primary N) is 1. The van der Waals surface area contributed by atoms with Crippen LogP contribution in [0.15, 0.2) is 36.9 Å². The van der Waals surface area contributed by atoms with Gasteiger partial charge in [0.1, 0.15) is 11.5 Å². The van der Waals surface area contributed by atoms with Crippen molar-refractivity contribution in [2.75, 3.05) is 12.3 Å². The normalized spacial score (nSPS) is 9.68. The highest BCUT2D eigenvalue weighted by molar-refractivity contribution is 5.92. The van der Waals surface area contributed by atoms with Crippen LogP contribution < -0.4 is 11.1 Å². The number of carbonyl (C=O) groups excluding carboxylic acids is 1. The Balaban J connectivity index is 0.00000180. The lowest BCUT2D eigenvalue weighted by Crippen LogP contribution is -2.26. The lowest BCUT2D eigenvalue weighted by atomic mass is 10.3. The molecule has 0 atom stereocenters. The number of aryl methyl sites for hydroxylation is 1. The van der Waals surface area contributed by atoms with Gasteiger partial charge in [-0.05, 0) is 18.6 Å². The molecule has 0 fully saturated rings. The Hall–Kier alpha value is -2.08. The lowest BCUT2D eigenvalue weighted by molar-refractivity contribution is 0.0948. The van der Waals surface area contributed by atoms with E-state index in [4.69, 9.17) is 5.73 Å². The number of aromatic nitrogens is 3. The molecule has 7 heteroatoms. The third-order valence-electron chi connectivity index (χ3n) is 2.44. The van der Waals surface area contributed by atoms with Crippen LogP contribution in [0.5, 0.6) is 0 Å². The SMILES string of the molecule is Cl.Nc1cccc(C(=O)NCCCn2ccnc2)n1.